The Morgan fingerprint density at radius 1 is 1.07 bits per heavy atom. The summed E-state index contributed by atoms with van der Waals surface area (Å²) in [5.74, 6) is 0.279. The number of aliphatic imine (C=N–C) groups is 1. The van der Waals surface area contributed by atoms with Crippen molar-refractivity contribution in [1.29, 1.82) is 0 Å². The molecule has 0 saturated carbocycles. The Kier molecular flexibility index (Phi) is 6.68. The number of phenols is 1. The zero-order valence-electron chi connectivity index (χ0n) is 16.0. The Morgan fingerprint density at radius 3 is 2.46 bits per heavy atom. The van der Waals surface area contributed by atoms with Crippen molar-refractivity contribution in [2.75, 3.05) is 44.7 Å². The second-order valence-corrected chi connectivity index (χ2v) is 6.81. The van der Waals surface area contributed by atoms with E-state index in [1.54, 1.807) is 19.2 Å². The normalized spacial score (nSPS) is 15.0. The van der Waals surface area contributed by atoms with Crippen LogP contribution >= 0.6 is 0 Å². The minimum atomic E-state index is -0.426. The third kappa shape index (κ3) is 5.12. The fraction of sp³-hybridized carbons (Fsp3) is 0.381. The summed E-state index contributed by atoms with van der Waals surface area (Å²) in [4.78, 5) is 8.34. The van der Waals surface area contributed by atoms with Crippen LogP contribution in [0.1, 0.15) is 12.0 Å². The molecule has 1 heterocycles. The number of hydrogen-bond acceptors (Lipinski definition) is 3. The van der Waals surface area contributed by atoms with Gasteiger partial charge in [-0.15, -0.1) is 0 Å². The molecule has 1 saturated heterocycles. The van der Waals surface area contributed by atoms with Gasteiger partial charge in [0.1, 0.15) is 17.4 Å². The van der Waals surface area contributed by atoms with Gasteiger partial charge in [0.25, 0.3) is 0 Å². The second-order valence-electron chi connectivity index (χ2n) is 6.81. The third-order valence-corrected chi connectivity index (χ3v) is 4.90. The maximum atomic E-state index is 14.0. The van der Waals surface area contributed by atoms with Crippen LogP contribution in [0, 0.1) is 11.6 Å². The van der Waals surface area contributed by atoms with E-state index in [0.29, 0.717) is 31.9 Å². The summed E-state index contributed by atoms with van der Waals surface area (Å²) in [6, 6.07) is 10.8. The lowest BCUT2D eigenvalue weighted by molar-refractivity contribution is 0.370. The zero-order valence-corrected chi connectivity index (χ0v) is 16.0. The number of piperazine rings is 1. The van der Waals surface area contributed by atoms with Crippen LogP contribution in [0.4, 0.5) is 14.5 Å². The number of benzene rings is 2. The van der Waals surface area contributed by atoms with Gasteiger partial charge in [-0.05, 0) is 42.7 Å². The minimum Gasteiger partial charge on any atom is -0.508 e. The van der Waals surface area contributed by atoms with Gasteiger partial charge in [0.2, 0.25) is 0 Å². The van der Waals surface area contributed by atoms with E-state index in [0.717, 1.165) is 31.4 Å². The summed E-state index contributed by atoms with van der Waals surface area (Å²) >= 11 is 0. The van der Waals surface area contributed by atoms with Crippen LogP contribution in [-0.2, 0) is 6.42 Å². The first-order valence-corrected chi connectivity index (χ1v) is 9.50. The Labute approximate surface area is 164 Å². The van der Waals surface area contributed by atoms with E-state index < -0.39 is 11.6 Å². The van der Waals surface area contributed by atoms with Gasteiger partial charge < -0.3 is 20.2 Å². The van der Waals surface area contributed by atoms with E-state index in [2.05, 4.69) is 15.2 Å². The summed E-state index contributed by atoms with van der Waals surface area (Å²) < 4.78 is 27.4. The molecule has 0 bridgehead atoms. The van der Waals surface area contributed by atoms with Crippen LogP contribution in [0.25, 0.3) is 0 Å². The molecule has 7 heteroatoms. The van der Waals surface area contributed by atoms with Crippen molar-refractivity contribution in [2.45, 2.75) is 12.8 Å². The Hall–Kier alpha value is -2.83. The molecule has 150 valence electrons. The minimum absolute atomic E-state index is 0.277. The predicted molar refractivity (Wildman–Crippen MR) is 108 cm³/mol. The van der Waals surface area contributed by atoms with Gasteiger partial charge in [-0.25, -0.2) is 8.78 Å². The number of phenolic OH excluding ortho intramolecular Hbond substituents is 1. The van der Waals surface area contributed by atoms with Crippen LogP contribution in [0.2, 0.25) is 0 Å². The van der Waals surface area contributed by atoms with Crippen LogP contribution in [0.5, 0.6) is 5.75 Å². The second kappa shape index (κ2) is 9.39. The van der Waals surface area contributed by atoms with Crippen molar-refractivity contribution in [3.63, 3.8) is 0 Å². The molecule has 1 aliphatic rings. The van der Waals surface area contributed by atoms with Gasteiger partial charge in [-0.2, -0.15) is 0 Å². The molecule has 1 fully saturated rings. The summed E-state index contributed by atoms with van der Waals surface area (Å²) in [5, 5.41) is 12.7. The lowest BCUT2D eigenvalue weighted by atomic mass is 10.1. The van der Waals surface area contributed by atoms with E-state index >= 15 is 0 Å². The molecular weight excluding hydrogens is 362 g/mol. The standard InChI is InChI=1S/C21H26F2N4O/c1-24-21(25-10-2-3-16-4-7-18(28)8-5-16)27-13-11-26(12-14-27)20-15-17(22)6-9-19(20)23/h4-9,15,28H,2-3,10-14H2,1H3,(H,24,25). The molecule has 28 heavy (non-hydrogen) atoms. The number of guanidine groups is 1. The molecule has 0 spiro atoms. The highest BCUT2D eigenvalue weighted by Gasteiger charge is 2.21. The van der Waals surface area contributed by atoms with E-state index in [4.69, 9.17) is 0 Å². The largest absolute Gasteiger partial charge is 0.508 e. The number of rotatable bonds is 5. The summed E-state index contributed by atoms with van der Waals surface area (Å²) in [5.41, 5.74) is 1.50. The Bertz CT molecular complexity index is 803. The predicted octanol–water partition coefficient (Wildman–Crippen LogP) is 3.00. The Morgan fingerprint density at radius 2 is 1.79 bits per heavy atom. The average Bonchev–Trinajstić information content (AvgIpc) is 2.71. The number of aromatic hydroxyl groups is 1. The van der Waals surface area contributed by atoms with Crippen LogP contribution in [-0.4, -0.2) is 55.7 Å². The number of anilines is 1. The molecule has 0 amide bonds. The fourth-order valence-electron chi connectivity index (χ4n) is 3.37. The molecule has 2 aromatic carbocycles. The quantitative estimate of drug-likeness (QED) is 0.470. The van der Waals surface area contributed by atoms with Crippen molar-refractivity contribution < 1.29 is 13.9 Å². The molecular formula is C21H26F2N4O. The molecule has 0 radical (unpaired) electrons. The molecule has 1 aliphatic heterocycles. The topological polar surface area (TPSA) is 51.1 Å². The molecule has 0 unspecified atom stereocenters. The van der Waals surface area contributed by atoms with Gasteiger partial charge in [0.05, 0.1) is 5.69 Å². The molecule has 0 aliphatic carbocycles. The molecule has 0 aromatic heterocycles. The third-order valence-electron chi connectivity index (χ3n) is 4.90. The van der Waals surface area contributed by atoms with Crippen LogP contribution in [0.3, 0.4) is 0 Å². The van der Waals surface area contributed by atoms with Gasteiger partial charge >= 0.3 is 0 Å². The average molecular weight is 388 g/mol. The fourth-order valence-corrected chi connectivity index (χ4v) is 3.37. The number of nitrogens with zero attached hydrogens (tertiary/aromatic N) is 3. The highest BCUT2D eigenvalue weighted by atomic mass is 19.1. The number of hydrogen-bond donors (Lipinski definition) is 2. The number of halogens is 2. The smallest absolute Gasteiger partial charge is 0.193 e. The molecule has 0 atom stereocenters. The van der Waals surface area contributed by atoms with Crippen molar-refractivity contribution in [2.24, 2.45) is 4.99 Å². The summed E-state index contributed by atoms with van der Waals surface area (Å²) in [6.07, 6.45) is 1.86. The molecule has 3 rings (SSSR count). The van der Waals surface area contributed by atoms with Crippen molar-refractivity contribution in [3.05, 3.63) is 59.7 Å². The van der Waals surface area contributed by atoms with E-state index in [9.17, 15) is 13.9 Å². The van der Waals surface area contributed by atoms with Gasteiger partial charge in [-0.3, -0.25) is 4.99 Å². The lowest BCUT2D eigenvalue weighted by Gasteiger charge is -2.37. The first kappa shape index (κ1) is 19.9. The van der Waals surface area contributed by atoms with Gasteiger partial charge in [0.15, 0.2) is 5.96 Å². The van der Waals surface area contributed by atoms with Crippen molar-refractivity contribution in [1.82, 2.24) is 10.2 Å². The molecule has 5 nitrogen and oxygen atoms in total. The van der Waals surface area contributed by atoms with Gasteiger partial charge in [0, 0.05) is 45.8 Å². The first-order chi connectivity index (χ1) is 13.6. The SMILES string of the molecule is CN=C(NCCCc1ccc(O)cc1)N1CCN(c2cc(F)ccc2F)CC1. The van der Waals surface area contributed by atoms with Crippen LogP contribution in [0.15, 0.2) is 47.5 Å². The number of nitrogens with one attached hydrogen (secondary N) is 1. The van der Waals surface area contributed by atoms with Crippen molar-refractivity contribution >= 4 is 11.6 Å². The summed E-state index contributed by atoms with van der Waals surface area (Å²) in [7, 11) is 1.75. The van der Waals surface area contributed by atoms with E-state index in [1.165, 1.54) is 17.7 Å². The number of aryl methyl sites for hydroxylation is 1. The monoisotopic (exact) mass is 388 g/mol. The first-order valence-electron chi connectivity index (χ1n) is 9.50. The zero-order chi connectivity index (χ0) is 19.9. The highest BCUT2D eigenvalue weighted by molar-refractivity contribution is 5.80. The van der Waals surface area contributed by atoms with Crippen molar-refractivity contribution in [3.8, 4) is 5.75 Å². The highest BCUT2D eigenvalue weighted by Crippen LogP contribution is 2.22. The Balaban J connectivity index is 1.45. The van der Waals surface area contributed by atoms with E-state index in [-0.39, 0.29) is 5.75 Å². The van der Waals surface area contributed by atoms with Gasteiger partial charge in [-0.1, -0.05) is 12.1 Å². The summed E-state index contributed by atoms with van der Waals surface area (Å²) in [6.45, 7) is 3.37. The van der Waals surface area contributed by atoms with Crippen LogP contribution < -0.4 is 10.2 Å². The molecule has 2 N–H and O–H groups in total. The lowest BCUT2D eigenvalue weighted by Crippen LogP contribution is -2.52. The van der Waals surface area contributed by atoms with E-state index in [1.807, 2.05) is 17.0 Å². The molecule has 2 aromatic rings. The maximum absolute atomic E-state index is 14.0. The maximum Gasteiger partial charge on any atom is 0.193 e.